The van der Waals surface area contributed by atoms with Crippen molar-refractivity contribution in [3.8, 4) is 0 Å². The van der Waals surface area contributed by atoms with Crippen LogP contribution >= 0.6 is 0 Å². The van der Waals surface area contributed by atoms with E-state index in [-0.39, 0.29) is 11.5 Å². The zero-order chi connectivity index (χ0) is 12.2. The molecule has 0 amide bonds. The van der Waals surface area contributed by atoms with Crippen molar-refractivity contribution < 1.29 is 13.5 Å². The molecule has 1 N–H and O–H groups in total. The molecule has 0 aromatic carbocycles. The van der Waals surface area contributed by atoms with Gasteiger partial charge in [-0.15, -0.1) is 0 Å². The standard InChI is InChI=1S/C11H23NO3S/c1-3-5-11(13)9-12(10-11)6-8-16(14,15)7-4-2/h13H,3-10H2,1-2H3. The highest BCUT2D eigenvalue weighted by atomic mass is 32.2. The van der Waals surface area contributed by atoms with Gasteiger partial charge in [-0.2, -0.15) is 0 Å². The molecule has 1 fully saturated rings. The van der Waals surface area contributed by atoms with Crippen molar-refractivity contribution in [2.45, 2.75) is 38.7 Å². The summed E-state index contributed by atoms with van der Waals surface area (Å²) in [5.74, 6) is 0.503. The summed E-state index contributed by atoms with van der Waals surface area (Å²) < 4.78 is 22.9. The van der Waals surface area contributed by atoms with Crippen molar-refractivity contribution in [1.82, 2.24) is 4.90 Å². The average molecular weight is 249 g/mol. The summed E-state index contributed by atoms with van der Waals surface area (Å²) in [5.41, 5.74) is -0.552. The lowest BCUT2D eigenvalue weighted by atomic mass is 9.89. The van der Waals surface area contributed by atoms with E-state index < -0.39 is 15.4 Å². The van der Waals surface area contributed by atoms with Crippen molar-refractivity contribution in [3.05, 3.63) is 0 Å². The lowest BCUT2D eigenvalue weighted by Gasteiger charge is -2.46. The Hall–Kier alpha value is -0.130. The Kier molecular flexibility index (Phi) is 4.76. The number of rotatable bonds is 7. The third-order valence-corrected chi connectivity index (χ3v) is 4.82. The fourth-order valence-corrected chi connectivity index (χ4v) is 3.61. The number of nitrogens with zero attached hydrogens (tertiary/aromatic N) is 1. The van der Waals surface area contributed by atoms with E-state index in [1.54, 1.807) is 0 Å². The fraction of sp³-hybridized carbons (Fsp3) is 1.00. The van der Waals surface area contributed by atoms with Crippen LogP contribution in [0.25, 0.3) is 0 Å². The second kappa shape index (κ2) is 5.47. The Balaban J connectivity index is 2.23. The maximum Gasteiger partial charge on any atom is 0.151 e. The summed E-state index contributed by atoms with van der Waals surface area (Å²) in [5, 5.41) is 9.92. The second-order valence-corrected chi connectivity index (χ2v) is 7.14. The van der Waals surface area contributed by atoms with Crippen LogP contribution < -0.4 is 0 Å². The van der Waals surface area contributed by atoms with Crippen molar-refractivity contribution in [1.29, 1.82) is 0 Å². The number of likely N-dealkylation sites (tertiary alicyclic amines) is 1. The van der Waals surface area contributed by atoms with Gasteiger partial charge in [0.15, 0.2) is 9.84 Å². The van der Waals surface area contributed by atoms with Crippen LogP contribution in [0.2, 0.25) is 0 Å². The van der Waals surface area contributed by atoms with Crippen LogP contribution in [0.3, 0.4) is 0 Å². The first-order chi connectivity index (χ1) is 7.41. The SMILES string of the molecule is CCCC1(O)CN(CCS(=O)(=O)CCC)C1. The van der Waals surface area contributed by atoms with E-state index in [1.807, 2.05) is 18.7 Å². The van der Waals surface area contributed by atoms with E-state index in [0.29, 0.717) is 26.1 Å². The Morgan fingerprint density at radius 1 is 1.19 bits per heavy atom. The normalized spacial score (nSPS) is 20.7. The Morgan fingerprint density at radius 2 is 1.81 bits per heavy atom. The van der Waals surface area contributed by atoms with Crippen LogP contribution in [0.1, 0.15) is 33.1 Å². The summed E-state index contributed by atoms with van der Waals surface area (Å²) in [6, 6.07) is 0. The molecule has 16 heavy (non-hydrogen) atoms. The zero-order valence-corrected chi connectivity index (χ0v) is 11.1. The predicted molar refractivity (Wildman–Crippen MR) is 65.2 cm³/mol. The number of sulfone groups is 1. The Labute approximate surface area is 98.6 Å². The minimum absolute atomic E-state index is 0.225. The minimum atomic E-state index is -2.88. The molecule has 0 aliphatic carbocycles. The fourth-order valence-electron chi connectivity index (χ4n) is 2.25. The molecule has 96 valence electrons. The molecular formula is C11H23NO3S. The van der Waals surface area contributed by atoms with Gasteiger partial charge >= 0.3 is 0 Å². The summed E-state index contributed by atoms with van der Waals surface area (Å²) in [7, 11) is -2.88. The van der Waals surface area contributed by atoms with Crippen LogP contribution in [0.5, 0.6) is 0 Å². The molecule has 0 radical (unpaired) electrons. The van der Waals surface area contributed by atoms with E-state index in [9.17, 15) is 13.5 Å². The van der Waals surface area contributed by atoms with E-state index in [4.69, 9.17) is 0 Å². The number of aliphatic hydroxyl groups is 1. The maximum absolute atomic E-state index is 11.5. The van der Waals surface area contributed by atoms with Gasteiger partial charge in [0.05, 0.1) is 11.4 Å². The number of β-amino-alcohol motifs (C(OH)–C–C–N with tert-alkyl or cyclic N) is 1. The van der Waals surface area contributed by atoms with Gasteiger partial charge in [-0.25, -0.2) is 8.42 Å². The molecule has 1 saturated heterocycles. The molecule has 4 nitrogen and oxygen atoms in total. The molecule has 1 aliphatic heterocycles. The molecule has 5 heteroatoms. The van der Waals surface area contributed by atoms with Crippen LogP contribution in [-0.2, 0) is 9.84 Å². The molecule has 1 aliphatic rings. The molecule has 1 heterocycles. The number of hydrogen-bond acceptors (Lipinski definition) is 4. The third kappa shape index (κ3) is 4.03. The van der Waals surface area contributed by atoms with Crippen molar-refractivity contribution in [2.24, 2.45) is 0 Å². The quantitative estimate of drug-likeness (QED) is 0.720. The summed E-state index contributed by atoms with van der Waals surface area (Å²) in [6.07, 6.45) is 2.46. The van der Waals surface area contributed by atoms with Gasteiger partial charge in [0.1, 0.15) is 0 Å². The van der Waals surface area contributed by atoms with E-state index in [2.05, 4.69) is 0 Å². The molecular weight excluding hydrogens is 226 g/mol. The summed E-state index contributed by atoms with van der Waals surface area (Å²) in [6.45, 7) is 5.74. The third-order valence-electron chi connectivity index (χ3n) is 2.98. The molecule has 1 rings (SSSR count). The summed E-state index contributed by atoms with van der Waals surface area (Å²) in [4.78, 5) is 2.02. The topological polar surface area (TPSA) is 57.6 Å². The highest BCUT2D eigenvalue weighted by Crippen LogP contribution is 2.25. The molecule has 0 spiro atoms. The average Bonchev–Trinajstić information content (AvgIpc) is 2.12. The molecule has 0 saturated carbocycles. The predicted octanol–water partition coefficient (Wildman–Crippen LogP) is 0.658. The van der Waals surface area contributed by atoms with E-state index >= 15 is 0 Å². The van der Waals surface area contributed by atoms with Gasteiger partial charge in [-0.3, -0.25) is 4.90 Å². The number of hydrogen-bond donors (Lipinski definition) is 1. The minimum Gasteiger partial charge on any atom is -0.387 e. The van der Waals surface area contributed by atoms with Gasteiger partial charge in [-0.05, 0) is 12.8 Å². The molecule has 0 atom stereocenters. The monoisotopic (exact) mass is 249 g/mol. The molecule has 0 unspecified atom stereocenters. The summed E-state index contributed by atoms with van der Waals surface area (Å²) >= 11 is 0. The van der Waals surface area contributed by atoms with Crippen LogP contribution in [-0.4, -0.2) is 55.2 Å². The molecule has 0 aromatic rings. The second-order valence-electron chi connectivity index (χ2n) is 4.84. The van der Waals surface area contributed by atoms with Crippen LogP contribution in [0.15, 0.2) is 0 Å². The highest BCUT2D eigenvalue weighted by molar-refractivity contribution is 7.91. The van der Waals surface area contributed by atoms with Gasteiger partial charge in [-0.1, -0.05) is 20.3 Å². The first-order valence-corrected chi connectivity index (χ1v) is 7.88. The lowest BCUT2D eigenvalue weighted by molar-refractivity contribution is -0.100. The van der Waals surface area contributed by atoms with Crippen molar-refractivity contribution in [3.63, 3.8) is 0 Å². The lowest BCUT2D eigenvalue weighted by Crippen LogP contribution is -2.62. The van der Waals surface area contributed by atoms with E-state index in [0.717, 1.165) is 12.8 Å². The first-order valence-electron chi connectivity index (χ1n) is 6.06. The van der Waals surface area contributed by atoms with Crippen molar-refractivity contribution >= 4 is 9.84 Å². The largest absolute Gasteiger partial charge is 0.387 e. The Bertz CT molecular complexity index is 307. The smallest absolute Gasteiger partial charge is 0.151 e. The molecule has 0 bridgehead atoms. The van der Waals surface area contributed by atoms with Gasteiger partial charge < -0.3 is 5.11 Å². The zero-order valence-electron chi connectivity index (χ0n) is 10.3. The van der Waals surface area contributed by atoms with E-state index in [1.165, 1.54) is 0 Å². The first kappa shape index (κ1) is 13.9. The van der Waals surface area contributed by atoms with Gasteiger partial charge in [0.2, 0.25) is 0 Å². The van der Waals surface area contributed by atoms with Gasteiger partial charge in [0, 0.05) is 25.4 Å². The van der Waals surface area contributed by atoms with Crippen molar-refractivity contribution in [2.75, 3.05) is 31.1 Å². The van der Waals surface area contributed by atoms with Crippen LogP contribution in [0, 0.1) is 0 Å². The maximum atomic E-state index is 11.5. The van der Waals surface area contributed by atoms with Gasteiger partial charge in [0.25, 0.3) is 0 Å². The molecule has 0 aromatic heterocycles. The Morgan fingerprint density at radius 3 is 2.31 bits per heavy atom. The van der Waals surface area contributed by atoms with Crippen LogP contribution in [0.4, 0.5) is 0 Å². The highest BCUT2D eigenvalue weighted by Gasteiger charge is 2.39.